The van der Waals surface area contributed by atoms with Crippen molar-refractivity contribution in [1.29, 1.82) is 0 Å². The molecule has 144 valence electrons. The number of thiol groups is 1. The summed E-state index contributed by atoms with van der Waals surface area (Å²) in [6.45, 7) is 4.52. The number of carboxylic acid groups (broad SMARTS) is 1. The third-order valence-corrected chi connectivity index (χ3v) is 4.79. The standard InChI is InChI=1S/C23H23NO3S/c1-15-12-19(28)13-16(2)23(15)20-4-3-5-21(24-20)27-14-18-8-6-17(7-9-18)10-11-22(25)26/h3-9,12-13,28H,10-11,14H2,1-2H3,(H,25,26). The number of ether oxygens (including phenoxy) is 1. The number of carbonyl (C=O) groups is 1. The Morgan fingerprint density at radius 3 is 2.32 bits per heavy atom. The zero-order valence-corrected chi connectivity index (χ0v) is 16.9. The second-order valence-electron chi connectivity index (χ2n) is 6.81. The van der Waals surface area contributed by atoms with E-state index in [1.165, 1.54) is 0 Å². The molecule has 0 atom stereocenters. The SMILES string of the molecule is Cc1cc(S)cc(C)c1-c1cccc(OCc2ccc(CCC(=O)O)cc2)n1. The Labute approximate surface area is 170 Å². The molecule has 0 fully saturated rings. The van der Waals surface area contributed by atoms with Crippen molar-refractivity contribution in [2.75, 3.05) is 0 Å². The van der Waals surface area contributed by atoms with Crippen LogP contribution in [0.25, 0.3) is 11.3 Å². The van der Waals surface area contributed by atoms with E-state index in [2.05, 4.69) is 31.5 Å². The summed E-state index contributed by atoms with van der Waals surface area (Å²) in [5.74, 6) is -0.214. The Morgan fingerprint density at radius 2 is 1.68 bits per heavy atom. The maximum atomic E-state index is 10.7. The van der Waals surface area contributed by atoms with Gasteiger partial charge in [0.25, 0.3) is 0 Å². The van der Waals surface area contributed by atoms with Crippen molar-refractivity contribution in [3.8, 4) is 17.1 Å². The minimum atomic E-state index is -0.784. The second kappa shape index (κ2) is 8.93. The van der Waals surface area contributed by atoms with E-state index in [-0.39, 0.29) is 6.42 Å². The topological polar surface area (TPSA) is 59.4 Å². The number of nitrogens with zero attached hydrogens (tertiary/aromatic N) is 1. The molecule has 1 heterocycles. The Kier molecular flexibility index (Phi) is 6.37. The van der Waals surface area contributed by atoms with Gasteiger partial charge in [0.2, 0.25) is 5.88 Å². The van der Waals surface area contributed by atoms with Gasteiger partial charge in [-0.3, -0.25) is 4.79 Å². The number of aromatic nitrogens is 1. The Hall–Kier alpha value is -2.79. The van der Waals surface area contributed by atoms with Gasteiger partial charge < -0.3 is 9.84 Å². The molecule has 0 unspecified atom stereocenters. The van der Waals surface area contributed by atoms with Gasteiger partial charge in [0.15, 0.2) is 0 Å². The molecule has 0 aliphatic carbocycles. The molecule has 0 spiro atoms. The van der Waals surface area contributed by atoms with Crippen molar-refractivity contribution >= 4 is 18.6 Å². The lowest BCUT2D eigenvalue weighted by Gasteiger charge is -2.12. The van der Waals surface area contributed by atoms with Gasteiger partial charge in [0, 0.05) is 22.9 Å². The van der Waals surface area contributed by atoms with Crippen molar-refractivity contribution < 1.29 is 14.6 Å². The van der Waals surface area contributed by atoms with Gasteiger partial charge in [0.1, 0.15) is 6.61 Å². The molecule has 4 nitrogen and oxygen atoms in total. The number of rotatable bonds is 7. The van der Waals surface area contributed by atoms with Gasteiger partial charge in [-0.15, -0.1) is 12.6 Å². The van der Waals surface area contributed by atoms with E-state index >= 15 is 0 Å². The lowest BCUT2D eigenvalue weighted by Crippen LogP contribution is -2.00. The zero-order chi connectivity index (χ0) is 20.1. The van der Waals surface area contributed by atoms with Gasteiger partial charge in [-0.2, -0.15) is 0 Å². The number of benzene rings is 2. The highest BCUT2D eigenvalue weighted by atomic mass is 32.1. The molecule has 0 radical (unpaired) electrons. The molecule has 0 saturated carbocycles. The number of hydrogen-bond acceptors (Lipinski definition) is 4. The molecule has 28 heavy (non-hydrogen) atoms. The Balaban J connectivity index is 1.69. The van der Waals surface area contributed by atoms with Crippen LogP contribution in [-0.4, -0.2) is 16.1 Å². The fraction of sp³-hybridized carbons (Fsp3) is 0.217. The highest BCUT2D eigenvalue weighted by Crippen LogP contribution is 2.29. The molecule has 3 aromatic rings. The van der Waals surface area contributed by atoms with Gasteiger partial charge in [-0.05, 0) is 60.7 Å². The van der Waals surface area contributed by atoms with Crippen molar-refractivity contribution in [1.82, 2.24) is 4.98 Å². The van der Waals surface area contributed by atoms with Crippen LogP contribution >= 0.6 is 12.6 Å². The summed E-state index contributed by atoms with van der Waals surface area (Å²) in [6, 6.07) is 17.6. The fourth-order valence-electron chi connectivity index (χ4n) is 3.19. The van der Waals surface area contributed by atoms with Crippen LogP contribution in [0.3, 0.4) is 0 Å². The second-order valence-corrected chi connectivity index (χ2v) is 7.33. The van der Waals surface area contributed by atoms with Crippen molar-refractivity contribution in [3.63, 3.8) is 0 Å². The molecule has 0 saturated heterocycles. The predicted molar refractivity (Wildman–Crippen MR) is 113 cm³/mol. The molecule has 5 heteroatoms. The summed E-state index contributed by atoms with van der Waals surface area (Å²) in [5, 5.41) is 8.76. The van der Waals surface area contributed by atoms with Gasteiger partial charge in [-0.1, -0.05) is 30.3 Å². The first-order valence-corrected chi connectivity index (χ1v) is 9.57. The molecular formula is C23H23NO3S. The quantitative estimate of drug-likeness (QED) is 0.538. The molecular weight excluding hydrogens is 370 g/mol. The number of aliphatic carboxylic acids is 1. The van der Waals surface area contributed by atoms with Crippen molar-refractivity contribution in [2.24, 2.45) is 0 Å². The summed E-state index contributed by atoms with van der Waals surface area (Å²) in [7, 11) is 0. The van der Waals surface area contributed by atoms with Gasteiger partial charge in [0.05, 0.1) is 5.69 Å². The smallest absolute Gasteiger partial charge is 0.303 e. The van der Waals surface area contributed by atoms with Crippen LogP contribution in [0.15, 0.2) is 59.5 Å². The van der Waals surface area contributed by atoms with E-state index in [1.54, 1.807) is 0 Å². The van der Waals surface area contributed by atoms with Crippen LogP contribution in [0.1, 0.15) is 28.7 Å². The molecule has 1 N–H and O–H groups in total. The molecule has 3 rings (SSSR count). The van der Waals surface area contributed by atoms with Crippen LogP contribution < -0.4 is 4.74 Å². The third-order valence-electron chi connectivity index (χ3n) is 4.53. The van der Waals surface area contributed by atoms with E-state index in [4.69, 9.17) is 9.84 Å². The molecule has 0 bridgehead atoms. The van der Waals surface area contributed by atoms with Crippen LogP contribution in [-0.2, 0) is 17.8 Å². The normalized spacial score (nSPS) is 10.7. The van der Waals surface area contributed by atoms with Gasteiger partial charge >= 0.3 is 5.97 Å². The Morgan fingerprint density at radius 1 is 1.04 bits per heavy atom. The maximum Gasteiger partial charge on any atom is 0.303 e. The highest BCUT2D eigenvalue weighted by molar-refractivity contribution is 7.80. The average molecular weight is 394 g/mol. The largest absolute Gasteiger partial charge is 0.481 e. The van der Waals surface area contributed by atoms with Crippen LogP contribution in [0, 0.1) is 13.8 Å². The summed E-state index contributed by atoms with van der Waals surface area (Å²) in [4.78, 5) is 16.3. The molecule has 2 aromatic carbocycles. The van der Waals surface area contributed by atoms with Crippen LogP contribution in [0.5, 0.6) is 5.88 Å². The van der Waals surface area contributed by atoms with E-state index in [9.17, 15) is 4.79 Å². The van der Waals surface area contributed by atoms with E-state index < -0.39 is 5.97 Å². The molecule has 0 aliphatic heterocycles. The average Bonchev–Trinajstić information content (AvgIpc) is 2.65. The van der Waals surface area contributed by atoms with Crippen LogP contribution in [0.4, 0.5) is 0 Å². The number of carboxylic acids is 1. The van der Waals surface area contributed by atoms with Crippen molar-refractivity contribution in [2.45, 2.75) is 38.2 Å². The summed E-state index contributed by atoms with van der Waals surface area (Å²) in [6.07, 6.45) is 0.670. The van der Waals surface area contributed by atoms with E-state index in [1.807, 2.05) is 54.6 Å². The van der Waals surface area contributed by atoms with Crippen LogP contribution in [0.2, 0.25) is 0 Å². The first-order chi connectivity index (χ1) is 13.4. The monoisotopic (exact) mass is 393 g/mol. The molecule has 0 aliphatic rings. The first kappa shape index (κ1) is 20.0. The summed E-state index contributed by atoms with van der Waals surface area (Å²) < 4.78 is 5.88. The fourth-order valence-corrected chi connectivity index (χ4v) is 3.58. The number of pyridine rings is 1. The zero-order valence-electron chi connectivity index (χ0n) is 16.0. The number of aryl methyl sites for hydroxylation is 3. The summed E-state index contributed by atoms with van der Waals surface area (Å²) >= 11 is 4.43. The maximum absolute atomic E-state index is 10.7. The first-order valence-electron chi connectivity index (χ1n) is 9.12. The third kappa shape index (κ3) is 5.14. The van der Waals surface area contributed by atoms with E-state index in [0.717, 1.165) is 38.4 Å². The van der Waals surface area contributed by atoms with Gasteiger partial charge in [-0.25, -0.2) is 4.98 Å². The Bertz CT molecular complexity index is 960. The minimum absolute atomic E-state index is 0.138. The predicted octanol–water partition coefficient (Wildman–Crippen LogP) is 5.25. The summed E-state index contributed by atoms with van der Waals surface area (Å²) in [5.41, 5.74) is 6.26. The molecule has 1 aromatic heterocycles. The minimum Gasteiger partial charge on any atom is -0.481 e. The highest BCUT2D eigenvalue weighted by Gasteiger charge is 2.09. The lowest BCUT2D eigenvalue weighted by molar-refractivity contribution is -0.136. The molecule has 0 amide bonds. The number of hydrogen-bond donors (Lipinski definition) is 2. The van der Waals surface area contributed by atoms with E-state index in [0.29, 0.717) is 18.9 Å². The lowest BCUT2D eigenvalue weighted by atomic mass is 9.99. The van der Waals surface area contributed by atoms with Crippen molar-refractivity contribution in [3.05, 3.63) is 76.9 Å².